The Morgan fingerprint density at radius 2 is 2.09 bits per heavy atom. The van der Waals surface area contributed by atoms with Gasteiger partial charge in [-0.2, -0.15) is 9.61 Å². The van der Waals surface area contributed by atoms with Crippen molar-refractivity contribution in [2.75, 3.05) is 44.1 Å². The number of aromatic nitrogens is 4. The summed E-state index contributed by atoms with van der Waals surface area (Å²) < 4.78 is 12.4. The van der Waals surface area contributed by atoms with Gasteiger partial charge >= 0.3 is 0 Å². The van der Waals surface area contributed by atoms with Gasteiger partial charge in [0.2, 0.25) is 0 Å². The number of ether oxygens (including phenoxy) is 2. The van der Waals surface area contributed by atoms with Crippen LogP contribution >= 0.6 is 0 Å². The molecule has 0 radical (unpaired) electrons. The number of hydrogen-bond donors (Lipinski definition) is 4. The zero-order valence-electron chi connectivity index (χ0n) is 18.3. The number of nitrogens with one attached hydrogen (secondary N) is 3. The molecule has 33 heavy (non-hydrogen) atoms. The van der Waals surface area contributed by atoms with Crippen molar-refractivity contribution >= 4 is 29.0 Å². The first kappa shape index (κ1) is 21.6. The number of pyridine rings is 1. The van der Waals surface area contributed by atoms with E-state index in [9.17, 15) is 9.90 Å². The van der Waals surface area contributed by atoms with E-state index >= 15 is 0 Å². The van der Waals surface area contributed by atoms with Gasteiger partial charge in [-0.1, -0.05) is 6.07 Å². The highest BCUT2D eigenvalue weighted by atomic mass is 16.5. The minimum atomic E-state index is -0.734. The Balaban J connectivity index is 1.42. The summed E-state index contributed by atoms with van der Waals surface area (Å²) in [6, 6.07) is 7.19. The quantitative estimate of drug-likeness (QED) is 0.435. The van der Waals surface area contributed by atoms with Crippen LogP contribution in [0.15, 0.2) is 30.5 Å². The first-order valence-electron chi connectivity index (χ1n) is 11.1. The molecule has 2 saturated heterocycles. The van der Waals surface area contributed by atoms with Crippen LogP contribution in [-0.2, 0) is 9.47 Å². The molecule has 0 bridgehead atoms. The number of aliphatic hydroxyl groups excluding tert-OH is 1. The largest absolute Gasteiger partial charge is 0.388 e. The van der Waals surface area contributed by atoms with E-state index in [0.717, 1.165) is 25.1 Å². The molecule has 5 heterocycles. The van der Waals surface area contributed by atoms with Crippen molar-refractivity contribution in [2.24, 2.45) is 0 Å². The molecule has 2 aliphatic rings. The van der Waals surface area contributed by atoms with E-state index in [1.165, 1.54) is 6.20 Å². The number of aliphatic hydroxyl groups is 1. The molecular weight excluding hydrogens is 426 g/mol. The van der Waals surface area contributed by atoms with Crippen LogP contribution in [0.2, 0.25) is 0 Å². The molecule has 174 valence electrons. The number of carbonyl (C=O) groups is 1. The molecule has 2 fully saturated rings. The molecule has 5 rings (SSSR count). The molecule has 0 aliphatic carbocycles. The van der Waals surface area contributed by atoms with Crippen LogP contribution in [0.25, 0.3) is 5.65 Å². The Bertz CT molecular complexity index is 1140. The van der Waals surface area contributed by atoms with Crippen molar-refractivity contribution in [3.8, 4) is 0 Å². The number of rotatable bonds is 6. The van der Waals surface area contributed by atoms with E-state index in [1.54, 1.807) is 17.6 Å². The van der Waals surface area contributed by atoms with E-state index in [-0.39, 0.29) is 25.0 Å². The third-order valence-electron chi connectivity index (χ3n) is 5.94. The highest BCUT2D eigenvalue weighted by Gasteiger charge is 2.29. The van der Waals surface area contributed by atoms with Gasteiger partial charge in [0.05, 0.1) is 38.2 Å². The van der Waals surface area contributed by atoms with Gasteiger partial charge in [0.25, 0.3) is 5.91 Å². The number of nitrogens with zero attached hydrogens (tertiary/aromatic N) is 4. The SMILES string of the molecule is CNc1cc(Nc2cccc([C@@H]3CCCOC3)n2)nc2c(C(=O)N[C@@H]3COC[C@@H]3O)cnn12. The van der Waals surface area contributed by atoms with E-state index in [2.05, 4.69) is 26.0 Å². The molecule has 3 atom stereocenters. The van der Waals surface area contributed by atoms with Crippen molar-refractivity contribution in [3.63, 3.8) is 0 Å². The zero-order valence-corrected chi connectivity index (χ0v) is 18.3. The summed E-state index contributed by atoms with van der Waals surface area (Å²) >= 11 is 0. The molecule has 11 heteroatoms. The standard InChI is InChI=1S/C22H27N7O4/c1-23-20-8-19(27-18-6-2-5-15(25-18)13-4-3-7-32-10-13)28-21-14(9-24-29(20)21)22(31)26-16-11-33-12-17(16)30/h2,5-6,8-9,13,16-17,23,30H,3-4,7,10-12H2,1H3,(H,26,31)(H,25,27,28)/t13-,16-,17+/m1/s1. The lowest BCUT2D eigenvalue weighted by Gasteiger charge is -2.22. The average Bonchev–Trinajstić information content (AvgIpc) is 3.45. The molecule has 1 amide bonds. The lowest BCUT2D eigenvalue weighted by Crippen LogP contribution is -2.42. The fourth-order valence-electron chi connectivity index (χ4n) is 4.15. The van der Waals surface area contributed by atoms with Crippen LogP contribution in [0.5, 0.6) is 0 Å². The minimum absolute atomic E-state index is 0.203. The van der Waals surface area contributed by atoms with Gasteiger partial charge < -0.3 is 30.5 Å². The highest BCUT2D eigenvalue weighted by Crippen LogP contribution is 2.26. The highest BCUT2D eigenvalue weighted by molar-refractivity contribution is 6.00. The first-order valence-corrected chi connectivity index (χ1v) is 11.1. The topological polar surface area (TPSA) is 135 Å². The van der Waals surface area contributed by atoms with Crippen LogP contribution in [0.1, 0.15) is 34.8 Å². The molecule has 0 aromatic carbocycles. The van der Waals surface area contributed by atoms with E-state index < -0.39 is 12.1 Å². The molecule has 2 aliphatic heterocycles. The van der Waals surface area contributed by atoms with Crippen molar-refractivity contribution in [1.29, 1.82) is 0 Å². The molecule has 3 aromatic heterocycles. The summed E-state index contributed by atoms with van der Waals surface area (Å²) in [6.45, 7) is 1.95. The average molecular weight is 454 g/mol. The maximum Gasteiger partial charge on any atom is 0.257 e. The van der Waals surface area contributed by atoms with E-state index in [0.29, 0.717) is 35.3 Å². The summed E-state index contributed by atoms with van der Waals surface area (Å²) in [5.74, 6) is 1.75. The maximum atomic E-state index is 12.9. The number of anilines is 3. The van der Waals surface area contributed by atoms with Gasteiger partial charge in [-0.3, -0.25) is 4.79 Å². The van der Waals surface area contributed by atoms with Crippen LogP contribution in [0, 0.1) is 0 Å². The van der Waals surface area contributed by atoms with Crippen molar-refractivity contribution in [3.05, 3.63) is 41.7 Å². The number of fused-ring (bicyclic) bond motifs is 1. The second kappa shape index (κ2) is 9.30. The maximum absolute atomic E-state index is 12.9. The lowest BCUT2D eigenvalue weighted by molar-refractivity contribution is 0.0793. The van der Waals surface area contributed by atoms with Gasteiger partial charge in [0, 0.05) is 31.3 Å². The molecule has 3 aromatic rings. The Morgan fingerprint density at radius 3 is 2.85 bits per heavy atom. The molecule has 0 unspecified atom stereocenters. The summed E-state index contributed by atoms with van der Waals surface area (Å²) in [5, 5.41) is 23.4. The summed E-state index contributed by atoms with van der Waals surface area (Å²) in [5.41, 5.74) is 1.67. The number of hydrogen-bond acceptors (Lipinski definition) is 9. The lowest BCUT2D eigenvalue weighted by atomic mass is 9.98. The predicted octanol–water partition coefficient (Wildman–Crippen LogP) is 1.29. The number of carbonyl (C=O) groups excluding carboxylic acids is 1. The minimum Gasteiger partial charge on any atom is -0.388 e. The second-order valence-corrected chi connectivity index (χ2v) is 8.24. The molecule has 4 N–H and O–H groups in total. The second-order valence-electron chi connectivity index (χ2n) is 8.24. The normalized spacial score (nSPS) is 22.9. The fourth-order valence-corrected chi connectivity index (χ4v) is 4.15. The van der Waals surface area contributed by atoms with Gasteiger partial charge in [-0.25, -0.2) is 9.97 Å². The Kier molecular flexibility index (Phi) is 6.07. The van der Waals surface area contributed by atoms with Gasteiger partial charge in [-0.15, -0.1) is 0 Å². The molecule has 11 nitrogen and oxygen atoms in total. The molecule has 0 saturated carbocycles. The van der Waals surface area contributed by atoms with E-state index in [4.69, 9.17) is 14.5 Å². The predicted molar refractivity (Wildman–Crippen MR) is 121 cm³/mol. The smallest absolute Gasteiger partial charge is 0.257 e. The van der Waals surface area contributed by atoms with Crippen LogP contribution in [0.4, 0.5) is 17.5 Å². The summed E-state index contributed by atoms with van der Waals surface area (Å²) in [6.07, 6.45) is 2.82. The summed E-state index contributed by atoms with van der Waals surface area (Å²) in [7, 11) is 1.77. The number of amides is 1. The van der Waals surface area contributed by atoms with Crippen molar-refractivity contribution < 1.29 is 19.4 Å². The van der Waals surface area contributed by atoms with Crippen LogP contribution in [-0.4, -0.2) is 76.2 Å². The van der Waals surface area contributed by atoms with Crippen molar-refractivity contribution in [1.82, 2.24) is 24.9 Å². The molecular formula is C22H27N7O4. The Hall–Kier alpha value is -3.28. The van der Waals surface area contributed by atoms with Crippen LogP contribution in [0.3, 0.4) is 0 Å². The molecule has 0 spiro atoms. The fraction of sp³-hybridized carbons (Fsp3) is 0.455. The van der Waals surface area contributed by atoms with Gasteiger partial charge in [0.15, 0.2) is 5.65 Å². The van der Waals surface area contributed by atoms with E-state index in [1.807, 2.05) is 18.2 Å². The van der Waals surface area contributed by atoms with Crippen LogP contribution < -0.4 is 16.0 Å². The first-order chi connectivity index (χ1) is 16.1. The Morgan fingerprint density at radius 1 is 1.18 bits per heavy atom. The third kappa shape index (κ3) is 4.47. The monoisotopic (exact) mass is 453 g/mol. The van der Waals surface area contributed by atoms with Gasteiger partial charge in [-0.05, 0) is 25.0 Å². The Labute approximate surface area is 190 Å². The zero-order chi connectivity index (χ0) is 22.8. The third-order valence-corrected chi connectivity index (χ3v) is 5.94. The van der Waals surface area contributed by atoms with Gasteiger partial charge in [0.1, 0.15) is 23.0 Å². The van der Waals surface area contributed by atoms with Crippen molar-refractivity contribution in [2.45, 2.75) is 30.9 Å². The summed E-state index contributed by atoms with van der Waals surface area (Å²) in [4.78, 5) is 22.3.